The molecule has 0 saturated heterocycles. The first kappa shape index (κ1) is 28.1. The SMILES string of the molecule is COc1ccc(Cn2cc(I)c(C(C)=O)n2)cc1.COc1ccc(Cn2cc(I)c(C(C)O)n2)cc1. The number of halogens is 2. The Kier molecular flexibility index (Phi) is 10.3. The van der Waals surface area contributed by atoms with Crippen LogP contribution < -0.4 is 9.47 Å². The van der Waals surface area contributed by atoms with Crippen molar-refractivity contribution < 1.29 is 19.4 Å². The largest absolute Gasteiger partial charge is 0.497 e. The minimum Gasteiger partial charge on any atom is -0.497 e. The van der Waals surface area contributed by atoms with Crippen LogP contribution in [-0.2, 0) is 13.1 Å². The van der Waals surface area contributed by atoms with Gasteiger partial charge in [0.1, 0.15) is 22.9 Å². The molecule has 2 aromatic heterocycles. The minimum atomic E-state index is -0.533. The Labute approximate surface area is 237 Å². The molecule has 0 amide bonds. The van der Waals surface area contributed by atoms with Gasteiger partial charge in [-0.1, -0.05) is 24.3 Å². The van der Waals surface area contributed by atoms with E-state index < -0.39 is 6.10 Å². The van der Waals surface area contributed by atoms with Gasteiger partial charge in [0, 0.05) is 19.3 Å². The van der Waals surface area contributed by atoms with Crippen LogP contribution in [0.4, 0.5) is 0 Å². The maximum absolute atomic E-state index is 11.3. The number of carbonyl (C=O) groups excluding carboxylic acids is 1. The van der Waals surface area contributed by atoms with Crippen molar-refractivity contribution in [3.63, 3.8) is 0 Å². The summed E-state index contributed by atoms with van der Waals surface area (Å²) in [5.41, 5.74) is 3.52. The molecule has 2 heterocycles. The van der Waals surface area contributed by atoms with Crippen molar-refractivity contribution in [1.29, 1.82) is 0 Å². The number of methoxy groups -OCH3 is 2. The van der Waals surface area contributed by atoms with Crippen LogP contribution in [0.1, 0.15) is 47.3 Å². The third-order valence-electron chi connectivity index (χ3n) is 5.20. The van der Waals surface area contributed by atoms with E-state index in [1.54, 1.807) is 25.8 Å². The van der Waals surface area contributed by atoms with E-state index in [9.17, 15) is 9.90 Å². The number of aliphatic hydroxyl groups is 1. The molecular weight excluding hydrogens is 686 g/mol. The fourth-order valence-corrected chi connectivity index (χ4v) is 5.02. The van der Waals surface area contributed by atoms with E-state index in [1.165, 1.54) is 6.92 Å². The fourth-order valence-electron chi connectivity index (χ4n) is 3.33. The Bertz CT molecular complexity index is 1280. The van der Waals surface area contributed by atoms with Crippen LogP contribution in [0.3, 0.4) is 0 Å². The van der Waals surface area contributed by atoms with E-state index >= 15 is 0 Å². The van der Waals surface area contributed by atoms with Crippen molar-refractivity contribution in [2.24, 2.45) is 0 Å². The molecule has 0 radical (unpaired) electrons. The molecule has 1 unspecified atom stereocenters. The summed E-state index contributed by atoms with van der Waals surface area (Å²) in [7, 11) is 3.30. The first-order chi connectivity index (χ1) is 17.2. The first-order valence-electron chi connectivity index (χ1n) is 11.1. The molecule has 10 heteroatoms. The smallest absolute Gasteiger partial charge is 0.181 e. The van der Waals surface area contributed by atoms with Crippen LogP contribution in [0.2, 0.25) is 0 Å². The summed E-state index contributed by atoms with van der Waals surface area (Å²) in [5.74, 6) is 1.67. The lowest BCUT2D eigenvalue weighted by Crippen LogP contribution is -2.02. The molecule has 190 valence electrons. The summed E-state index contributed by atoms with van der Waals surface area (Å²) < 4.78 is 15.7. The van der Waals surface area contributed by atoms with Gasteiger partial charge in [0.05, 0.1) is 40.6 Å². The Morgan fingerprint density at radius 1 is 0.861 bits per heavy atom. The van der Waals surface area contributed by atoms with Gasteiger partial charge in [-0.2, -0.15) is 10.2 Å². The topological polar surface area (TPSA) is 91.4 Å². The zero-order valence-electron chi connectivity index (χ0n) is 20.5. The van der Waals surface area contributed by atoms with Crippen LogP contribution in [0.15, 0.2) is 60.9 Å². The average molecular weight is 714 g/mol. The predicted molar refractivity (Wildman–Crippen MR) is 155 cm³/mol. The van der Waals surface area contributed by atoms with Crippen molar-refractivity contribution in [2.45, 2.75) is 33.0 Å². The second kappa shape index (κ2) is 13.2. The van der Waals surface area contributed by atoms with Gasteiger partial charge in [0.25, 0.3) is 0 Å². The van der Waals surface area contributed by atoms with Crippen LogP contribution >= 0.6 is 45.2 Å². The van der Waals surface area contributed by atoms with Crippen LogP contribution in [-0.4, -0.2) is 44.7 Å². The Balaban J connectivity index is 0.000000201. The highest BCUT2D eigenvalue weighted by molar-refractivity contribution is 14.1. The highest BCUT2D eigenvalue weighted by Crippen LogP contribution is 2.19. The molecule has 4 aromatic rings. The van der Waals surface area contributed by atoms with Crippen molar-refractivity contribution >= 4 is 51.0 Å². The predicted octanol–water partition coefficient (Wildman–Crippen LogP) is 5.35. The number of aromatic nitrogens is 4. The molecule has 0 bridgehead atoms. The Hall–Kier alpha value is -2.45. The standard InChI is InChI=1S/C13H15IN2O2.C13H13IN2O2/c2*1-9(17)13-12(14)8-16(15-13)7-10-3-5-11(18-2)6-4-10/h3-6,8-9,17H,7H2,1-2H3;3-6,8H,7H2,1-2H3. The second-order valence-electron chi connectivity index (χ2n) is 8.01. The summed E-state index contributed by atoms with van der Waals surface area (Å²) in [6.45, 7) is 4.59. The molecule has 0 aliphatic carbocycles. The summed E-state index contributed by atoms with van der Waals surface area (Å²) >= 11 is 4.31. The van der Waals surface area contributed by atoms with Gasteiger partial charge in [0.15, 0.2) is 5.78 Å². The summed E-state index contributed by atoms with van der Waals surface area (Å²) in [6.07, 6.45) is 3.28. The number of hydrogen-bond donors (Lipinski definition) is 1. The van der Waals surface area contributed by atoms with E-state index in [4.69, 9.17) is 9.47 Å². The molecule has 36 heavy (non-hydrogen) atoms. The number of aliphatic hydroxyl groups excluding tert-OH is 1. The van der Waals surface area contributed by atoms with Crippen LogP contribution in [0.25, 0.3) is 0 Å². The number of rotatable bonds is 8. The van der Waals surface area contributed by atoms with Crippen molar-refractivity contribution in [1.82, 2.24) is 19.6 Å². The van der Waals surface area contributed by atoms with E-state index in [0.717, 1.165) is 35.5 Å². The summed E-state index contributed by atoms with van der Waals surface area (Å²) in [4.78, 5) is 11.3. The highest BCUT2D eigenvalue weighted by Gasteiger charge is 2.12. The Morgan fingerprint density at radius 2 is 1.31 bits per heavy atom. The van der Waals surface area contributed by atoms with E-state index in [1.807, 2.05) is 65.6 Å². The van der Waals surface area contributed by atoms with E-state index in [-0.39, 0.29) is 5.78 Å². The number of benzene rings is 2. The molecule has 0 spiro atoms. The molecular formula is C26H28I2N4O4. The molecule has 2 aromatic carbocycles. The molecule has 0 aliphatic heterocycles. The maximum Gasteiger partial charge on any atom is 0.181 e. The van der Waals surface area contributed by atoms with E-state index in [0.29, 0.717) is 18.8 Å². The lowest BCUT2D eigenvalue weighted by molar-refractivity contribution is 0.101. The molecule has 1 N–H and O–H groups in total. The van der Waals surface area contributed by atoms with Crippen molar-refractivity contribution in [2.75, 3.05) is 14.2 Å². The van der Waals surface area contributed by atoms with Gasteiger partial charge in [-0.3, -0.25) is 14.2 Å². The molecule has 0 aliphatic rings. The normalized spacial score (nSPS) is 11.4. The van der Waals surface area contributed by atoms with Gasteiger partial charge in [-0.15, -0.1) is 0 Å². The quantitative estimate of drug-likeness (QED) is 0.196. The zero-order chi connectivity index (χ0) is 26.2. The molecule has 0 saturated carbocycles. The third kappa shape index (κ3) is 7.77. The first-order valence-corrected chi connectivity index (χ1v) is 13.3. The third-order valence-corrected chi connectivity index (χ3v) is 6.82. The molecule has 8 nitrogen and oxygen atoms in total. The number of ketones is 1. The summed E-state index contributed by atoms with van der Waals surface area (Å²) in [6, 6.07) is 15.7. The average Bonchev–Trinajstić information content (AvgIpc) is 3.42. The highest BCUT2D eigenvalue weighted by atomic mass is 127. The monoisotopic (exact) mass is 714 g/mol. The van der Waals surface area contributed by atoms with Gasteiger partial charge in [-0.05, 0) is 87.5 Å². The van der Waals surface area contributed by atoms with Crippen molar-refractivity contribution in [3.8, 4) is 11.5 Å². The van der Waals surface area contributed by atoms with Gasteiger partial charge in [0.2, 0.25) is 0 Å². The number of carbonyl (C=O) groups is 1. The minimum absolute atomic E-state index is 0.00659. The lowest BCUT2D eigenvalue weighted by Gasteiger charge is -2.04. The maximum atomic E-state index is 11.3. The number of ether oxygens (including phenoxy) is 2. The fraction of sp³-hybridized carbons (Fsp3) is 0.269. The Morgan fingerprint density at radius 3 is 1.67 bits per heavy atom. The molecule has 1 atom stereocenters. The van der Waals surface area contributed by atoms with Crippen LogP contribution in [0, 0.1) is 7.14 Å². The second-order valence-corrected chi connectivity index (χ2v) is 10.3. The number of Topliss-reactive ketones (excluding diaryl/α,β-unsaturated/α-hetero) is 1. The molecule has 4 rings (SSSR count). The number of nitrogens with zero attached hydrogens (tertiary/aromatic N) is 4. The zero-order valence-corrected chi connectivity index (χ0v) is 24.8. The van der Waals surface area contributed by atoms with Gasteiger partial charge >= 0.3 is 0 Å². The van der Waals surface area contributed by atoms with Crippen molar-refractivity contribution in [3.05, 3.63) is 90.6 Å². The molecule has 0 fully saturated rings. The van der Waals surface area contributed by atoms with Gasteiger partial charge < -0.3 is 14.6 Å². The number of hydrogen-bond acceptors (Lipinski definition) is 6. The van der Waals surface area contributed by atoms with Gasteiger partial charge in [-0.25, -0.2) is 0 Å². The summed E-state index contributed by atoms with van der Waals surface area (Å²) in [5, 5.41) is 18.2. The van der Waals surface area contributed by atoms with Crippen LogP contribution in [0.5, 0.6) is 11.5 Å². The lowest BCUT2D eigenvalue weighted by atomic mass is 10.2. The van der Waals surface area contributed by atoms with E-state index in [2.05, 4.69) is 55.4 Å².